The molecule has 0 aliphatic carbocycles. The summed E-state index contributed by atoms with van der Waals surface area (Å²) in [5.74, 6) is -1.77. The van der Waals surface area contributed by atoms with Gasteiger partial charge in [0, 0.05) is 24.6 Å². The molecule has 0 heterocycles. The zero-order valence-corrected chi connectivity index (χ0v) is 15.5. The Bertz CT molecular complexity index is 516. The van der Waals surface area contributed by atoms with Crippen molar-refractivity contribution in [3.63, 3.8) is 0 Å². The van der Waals surface area contributed by atoms with E-state index in [0.29, 0.717) is 19.3 Å². The molecule has 0 aliphatic rings. The molecule has 0 bridgehead atoms. The maximum absolute atomic E-state index is 12.3. The first-order chi connectivity index (χ1) is 12.9. The van der Waals surface area contributed by atoms with Crippen LogP contribution in [0.2, 0.25) is 0 Å². The van der Waals surface area contributed by atoms with E-state index in [1.54, 1.807) is 0 Å². The molecule has 27 heavy (non-hydrogen) atoms. The molecular weight excluding hydrogens is 354 g/mol. The highest BCUT2D eigenvalue weighted by Gasteiger charge is 2.14. The van der Waals surface area contributed by atoms with Crippen molar-refractivity contribution < 1.29 is 33.4 Å². The van der Waals surface area contributed by atoms with Crippen molar-refractivity contribution in [2.45, 2.75) is 25.7 Å². The molecule has 0 N–H and O–H groups in total. The summed E-state index contributed by atoms with van der Waals surface area (Å²) < 4.78 is 14.6. The fraction of sp³-hybridized carbons (Fsp3) is 0.474. The first-order valence-electron chi connectivity index (χ1n) is 8.60. The van der Waals surface area contributed by atoms with Gasteiger partial charge in [-0.2, -0.15) is 0 Å². The predicted octanol–water partition coefficient (Wildman–Crippen LogP) is 1.56. The first-order valence-corrected chi connectivity index (χ1v) is 8.60. The lowest BCUT2D eigenvalue weighted by Crippen LogP contribution is -2.37. The Kier molecular flexibility index (Phi) is 13.7. The highest BCUT2D eigenvalue weighted by Crippen LogP contribution is 2.05. The minimum absolute atomic E-state index is 0.0174. The molecule has 0 unspecified atom stereocenters. The standard InChI is InChI=1S/C19H27NO7/c1-4-17(22)25-13-9-7-8-10-16(21)20(11-14-26-18(23)5-2)12-15-27-19(24)6-3/h4-6H,1-3,7-15H2. The van der Waals surface area contributed by atoms with Crippen molar-refractivity contribution in [2.24, 2.45) is 0 Å². The fourth-order valence-electron chi connectivity index (χ4n) is 1.94. The van der Waals surface area contributed by atoms with Crippen LogP contribution in [0.15, 0.2) is 38.0 Å². The molecule has 8 heteroatoms. The molecule has 0 saturated heterocycles. The van der Waals surface area contributed by atoms with E-state index in [1.807, 2.05) is 0 Å². The molecule has 150 valence electrons. The molecule has 0 rings (SSSR count). The number of unbranched alkanes of at least 4 members (excludes halogenated alkanes) is 2. The number of nitrogens with zero attached hydrogens (tertiary/aromatic N) is 1. The molecule has 1 amide bonds. The van der Waals surface area contributed by atoms with E-state index in [2.05, 4.69) is 19.7 Å². The van der Waals surface area contributed by atoms with Crippen molar-refractivity contribution >= 4 is 23.8 Å². The summed E-state index contributed by atoms with van der Waals surface area (Å²) in [7, 11) is 0. The Morgan fingerprint density at radius 2 is 1.11 bits per heavy atom. The van der Waals surface area contributed by atoms with Crippen LogP contribution in [0.25, 0.3) is 0 Å². The van der Waals surface area contributed by atoms with Crippen molar-refractivity contribution in [3.8, 4) is 0 Å². The minimum atomic E-state index is -0.574. The van der Waals surface area contributed by atoms with Gasteiger partial charge in [-0.15, -0.1) is 0 Å². The van der Waals surface area contributed by atoms with Gasteiger partial charge in [0.05, 0.1) is 19.7 Å². The molecular formula is C19H27NO7. The van der Waals surface area contributed by atoms with Crippen molar-refractivity contribution in [3.05, 3.63) is 38.0 Å². The van der Waals surface area contributed by atoms with E-state index >= 15 is 0 Å². The van der Waals surface area contributed by atoms with Gasteiger partial charge >= 0.3 is 17.9 Å². The normalized spacial score (nSPS) is 9.63. The summed E-state index contributed by atoms with van der Waals surface area (Å²) in [6, 6.07) is 0. The van der Waals surface area contributed by atoms with Gasteiger partial charge in [0.1, 0.15) is 13.2 Å². The van der Waals surface area contributed by atoms with Gasteiger partial charge in [0.25, 0.3) is 0 Å². The Balaban J connectivity index is 4.27. The number of rotatable bonds is 15. The van der Waals surface area contributed by atoms with E-state index in [0.717, 1.165) is 18.2 Å². The second kappa shape index (κ2) is 15.4. The van der Waals surface area contributed by atoms with Crippen LogP contribution < -0.4 is 0 Å². The molecule has 0 aromatic carbocycles. The van der Waals surface area contributed by atoms with Gasteiger partial charge in [-0.25, -0.2) is 14.4 Å². The lowest BCUT2D eigenvalue weighted by Gasteiger charge is -2.22. The van der Waals surface area contributed by atoms with Gasteiger partial charge < -0.3 is 19.1 Å². The third kappa shape index (κ3) is 13.0. The van der Waals surface area contributed by atoms with Crippen molar-refractivity contribution in [2.75, 3.05) is 32.9 Å². The van der Waals surface area contributed by atoms with Crippen LogP contribution in [0.3, 0.4) is 0 Å². The van der Waals surface area contributed by atoms with E-state index < -0.39 is 17.9 Å². The number of carbonyl (C=O) groups is 4. The van der Waals surface area contributed by atoms with Crippen molar-refractivity contribution in [1.29, 1.82) is 0 Å². The Labute approximate surface area is 159 Å². The number of amides is 1. The zero-order chi connectivity index (χ0) is 20.5. The number of hydrogen-bond donors (Lipinski definition) is 0. The molecule has 0 radical (unpaired) electrons. The predicted molar refractivity (Wildman–Crippen MR) is 98.5 cm³/mol. The first kappa shape index (κ1) is 24.1. The Hall–Kier alpha value is -2.90. The lowest BCUT2D eigenvalue weighted by atomic mass is 10.2. The SMILES string of the molecule is C=CC(=O)OCCCCCC(=O)N(CCOC(=O)C=C)CCOC(=O)C=C. The third-order valence-corrected chi connectivity index (χ3v) is 3.34. The Morgan fingerprint density at radius 1 is 0.667 bits per heavy atom. The second-order valence-corrected chi connectivity index (χ2v) is 5.31. The number of esters is 3. The van der Waals surface area contributed by atoms with Gasteiger partial charge in [-0.05, 0) is 19.3 Å². The quantitative estimate of drug-likeness (QED) is 0.184. The highest BCUT2D eigenvalue weighted by molar-refractivity contribution is 5.82. The van der Waals surface area contributed by atoms with E-state index in [1.165, 1.54) is 4.90 Å². The number of ether oxygens (including phenoxy) is 3. The maximum Gasteiger partial charge on any atom is 0.330 e. The molecule has 0 atom stereocenters. The summed E-state index contributed by atoms with van der Waals surface area (Å²) in [5.41, 5.74) is 0. The number of carbonyl (C=O) groups excluding carboxylic acids is 4. The van der Waals surface area contributed by atoms with E-state index in [4.69, 9.17) is 14.2 Å². The van der Waals surface area contributed by atoms with Crippen LogP contribution in [-0.2, 0) is 33.4 Å². The fourth-order valence-corrected chi connectivity index (χ4v) is 1.94. The third-order valence-electron chi connectivity index (χ3n) is 3.34. The van der Waals surface area contributed by atoms with Crippen molar-refractivity contribution in [1.82, 2.24) is 4.90 Å². The van der Waals surface area contributed by atoms with E-state index in [9.17, 15) is 19.2 Å². The minimum Gasteiger partial charge on any atom is -0.463 e. The van der Waals surface area contributed by atoms with Gasteiger partial charge in [-0.1, -0.05) is 19.7 Å². The second-order valence-electron chi connectivity index (χ2n) is 5.31. The zero-order valence-electron chi connectivity index (χ0n) is 15.5. The van der Waals surface area contributed by atoms with Gasteiger partial charge in [-0.3, -0.25) is 4.79 Å². The monoisotopic (exact) mass is 381 g/mol. The van der Waals surface area contributed by atoms with Crippen LogP contribution in [0.5, 0.6) is 0 Å². The molecule has 0 spiro atoms. The molecule has 0 saturated carbocycles. The average Bonchev–Trinajstić information content (AvgIpc) is 2.68. The van der Waals surface area contributed by atoms with Crippen LogP contribution >= 0.6 is 0 Å². The highest BCUT2D eigenvalue weighted by atomic mass is 16.5. The summed E-state index contributed by atoms with van der Waals surface area (Å²) in [4.78, 5) is 46.8. The number of hydrogen-bond acceptors (Lipinski definition) is 7. The van der Waals surface area contributed by atoms with Crippen LogP contribution in [0.1, 0.15) is 25.7 Å². The molecule has 0 aromatic rings. The topological polar surface area (TPSA) is 99.2 Å². The van der Waals surface area contributed by atoms with Gasteiger partial charge in [0.2, 0.25) is 5.91 Å². The smallest absolute Gasteiger partial charge is 0.330 e. The summed E-state index contributed by atoms with van der Waals surface area (Å²) >= 11 is 0. The largest absolute Gasteiger partial charge is 0.463 e. The molecule has 0 aromatic heterocycles. The molecule has 8 nitrogen and oxygen atoms in total. The summed E-state index contributed by atoms with van der Waals surface area (Å²) in [6.07, 6.45) is 5.41. The van der Waals surface area contributed by atoms with Crippen LogP contribution in [0.4, 0.5) is 0 Å². The van der Waals surface area contributed by atoms with Crippen LogP contribution in [0, 0.1) is 0 Å². The average molecular weight is 381 g/mol. The summed E-state index contributed by atoms with van der Waals surface area (Å²) in [5, 5.41) is 0. The van der Waals surface area contributed by atoms with Gasteiger partial charge in [0.15, 0.2) is 0 Å². The maximum atomic E-state index is 12.3. The summed E-state index contributed by atoms with van der Waals surface area (Å²) in [6.45, 7) is 10.6. The Morgan fingerprint density at radius 3 is 1.56 bits per heavy atom. The lowest BCUT2D eigenvalue weighted by molar-refractivity contribution is -0.143. The van der Waals surface area contributed by atoms with E-state index in [-0.39, 0.29) is 45.2 Å². The molecule has 0 fully saturated rings. The van der Waals surface area contributed by atoms with Crippen LogP contribution in [-0.4, -0.2) is 61.6 Å². The molecule has 0 aliphatic heterocycles.